The van der Waals surface area contributed by atoms with E-state index in [2.05, 4.69) is 109 Å². The lowest BCUT2D eigenvalue weighted by atomic mass is 9.93. The number of rotatable bonds is 3. The molecule has 0 N–H and O–H groups in total. The maximum absolute atomic E-state index is 6.17. The summed E-state index contributed by atoms with van der Waals surface area (Å²) in [5.41, 5.74) is 9.73. The van der Waals surface area contributed by atoms with Gasteiger partial charge in [0.25, 0.3) is 0 Å². The molecule has 5 aromatic carbocycles. The molecule has 0 spiro atoms. The van der Waals surface area contributed by atoms with Gasteiger partial charge in [0.2, 0.25) is 0 Å². The number of para-hydroxylation sites is 1. The Labute approximate surface area is 210 Å². The van der Waals surface area contributed by atoms with E-state index < -0.39 is 0 Å². The van der Waals surface area contributed by atoms with Crippen molar-refractivity contribution in [1.29, 1.82) is 0 Å². The van der Waals surface area contributed by atoms with Crippen molar-refractivity contribution in [3.05, 3.63) is 138 Å². The quantitative estimate of drug-likeness (QED) is 0.264. The molecule has 7 rings (SSSR count). The van der Waals surface area contributed by atoms with Gasteiger partial charge >= 0.3 is 0 Å². The first kappa shape index (κ1) is 20.7. The molecular weight excluding hydrogens is 440 g/mol. The second kappa shape index (κ2) is 8.24. The van der Waals surface area contributed by atoms with Crippen molar-refractivity contribution < 1.29 is 4.42 Å². The summed E-state index contributed by atoms with van der Waals surface area (Å²) in [6, 6.07) is 42.4. The summed E-state index contributed by atoms with van der Waals surface area (Å²) in [6.07, 6.45) is -0.0772. The molecule has 1 unspecified atom stereocenters. The van der Waals surface area contributed by atoms with Crippen molar-refractivity contribution in [1.82, 2.24) is 0 Å². The van der Waals surface area contributed by atoms with Gasteiger partial charge in [-0.2, -0.15) is 0 Å². The highest BCUT2D eigenvalue weighted by atomic mass is 16.3. The van der Waals surface area contributed by atoms with Crippen LogP contribution in [-0.4, -0.2) is 12.8 Å². The Bertz CT molecular complexity index is 1750. The van der Waals surface area contributed by atoms with Crippen molar-refractivity contribution in [2.24, 2.45) is 4.99 Å². The number of benzene rings is 5. The van der Waals surface area contributed by atoms with Gasteiger partial charge in [-0.25, -0.2) is 0 Å². The molecule has 0 amide bonds. The molecule has 1 aliphatic rings. The molecule has 2 heterocycles. The van der Waals surface area contributed by atoms with Crippen LogP contribution in [0.25, 0.3) is 33.1 Å². The average molecular weight is 465 g/mol. The van der Waals surface area contributed by atoms with Crippen molar-refractivity contribution in [3.63, 3.8) is 0 Å². The number of aliphatic imine (C=N–C) groups is 1. The van der Waals surface area contributed by atoms with Crippen molar-refractivity contribution in [2.45, 2.75) is 6.17 Å². The molecule has 172 valence electrons. The molecule has 36 heavy (non-hydrogen) atoms. The molecule has 0 saturated carbocycles. The van der Waals surface area contributed by atoms with Crippen LogP contribution in [0, 0.1) is 0 Å². The van der Waals surface area contributed by atoms with Gasteiger partial charge in [0, 0.05) is 34.6 Å². The maximum atomic E-state index is 6.17. The summed E-state index contributed by atoms with van der Waals surface area (Å²) < 4.78 is 6.17. The molecule has 3 heteroatoms. The minimum absolute atomic E-state index is 0.0772. The van der Waals surface area contributed by atoms with E-state index in [1.54, 1.807) is 0 Å². The molecule has 6 aromatic rings. The average Bonchev–Trinajstić information content (AvgIpc) is 3.32. The first-order valence-electron chi connectivity index (χ1n) is 12.2. The van der Waals surface area contributed by atoms with Crippen LogP contribution in [0.2, 0.25) is 0 Å². The molecule has 1 aliphatic heterocycles. The lowest BCUT2D eigenvalue weighted by Gasteiger charge is -2.34. The zero-order valence-corrected chi connectivity index (χ0v) is 19.9. The SMILES string of the molecule is CN1c2ccc(-c3ccc4c(c3)oc3ccccc34)cc2C(c2ccccc2)=NC1c1ccccc1. The normalized spacial score (nSPS) is 15.2. The monoisotopic (exact) mass is 464 g/mol. The smallest absolute Gasteiger partial charge is 0.147 e. The van der Waals surface area contributed by atoms with Gasteiger partial charge in [0.15, 0.2) is 0 Å². The summed E-state index contributed by atoms with van der Waals surface area (Å²) in [5, 5.41) is 2.29. The predicted octanol–water partition coefficient (Wildman–Crippen LogP) is 8.24. The number of furan rings is 1. The second-order valence-electron chi connectivity index (χ2n) is 9.28. The van der Waals surface area contributed by atoms with E-state index in [4.69, 9.17) is 9.41 Å². The van der Waals surface area contributed by atoms with Crippen molar-refractivity contribution >= 4 is 33.3 Å². The van der Waals surface area contributed by atoms with Gasteiger partial charge < -0.3 is 9.32 Å². The fourth-order valence-corrected chi connectivity index (χ4v) is 5.28. The Morgan fingerprint density at radius 2 is 1.28 bits per heavy atom. The maximum Gasteiger partial charge on any atom is 0.147 e. The van der Waals surface area contributed by atoms with E-state index in [0.717, 1.165) is 49.9 Å². The third kappa shape index (κ3) is 3.32. The molecule has 0 radical (unpaired) electrons. The first-order chi connectivity index (χ1) is 17.8. The van der Waals surface area contributed by atoms with Gasteiger partial charge in [-0.1, -0.05) is 91.0 Å². The molecule has 1 atom stereocenters. The Morgan fingerprint density at radius 3 is 2.11 bits per heavy atom. The molecule has 1 aromatic heterocycles. The Morgan fingerprint density at radius 1 is 0.611 bits per heavy atom. The molecule has 3 nitrogen and oxygen atoms in total. The van der Waals surface area contributed by atoms with Crippen LogP contribution in [0.15, 0.2) is 131 Å². The number of fused-ring (bicyclic) bond motifs is 4. The van der Waals surface area contributed by atoms with Crippen LogP contribution < -0.4 is 4.90 Å². The fraction of sp³-hybridized carbons (Fsp3) is 0.0606. The van der Waals surface area contributed by atoms with Crippen molar-refractivity contribution in [3.8, 4) is 11.1 Å². The zero-order valence-electron chi connectivity index (χ0n) is 19.9. The Hall–Kier alpha value is -4.63. The fourth-order valence-electron chi connectivity index (χ4n) is 5.28. The minimum atomic E-state index is -0.0772. The zero-order chi connectivity index (χ0) is 24.1. The third-order valence-corrected chi connectivity index (χ3v) is 7.11. The second-order valence-corrected chi connectivity index (χ2v) is 9.28. The number of nitrogens with zero attached hydrogens (tertiary/aromatic N) is 2. The summed E-state index contributed by atoms with van der Waals surface area (Å²) in [4.78, 5) is 7.55. The Kier molecular flexibility index (Phi) is 4.74. The topological polar surface area (TPSA) is 28.7 Å². The van der Waals surface area contributed by atoms with Gasteiger partial charge in [-0.05, 0) is 47.0 Å². The van der Waals surface area contributed by atoms with E-state index in [1.807, 2.05) is 24.3 Å². The molecule has 0 bridgehead atoms. The van der Waals surface area contributed by atoms with Gasteiger partial charge in [0.05, 0.1) is 5.71 Å². The minimum Gasteiger partial charge on any atom is -0.456 e. The number of hydrogen-bond donors (Lipinski definition) is 0. The Balaban J connectivity index is 1.38. The summed E-state index contributed by atoms with van der Waals surface area (Å²) in [5.74, 6) is 0. The van der Waals surface area contributed by atoms with Crippen LogP contribution in [0.3, 0.4) is 0 Å². The van der Waals surface area contributed by atoms with Crippen LogP contribution in [0.1, 0.15) is 22.9 Å². The summed E-state index contributed by atoms with van der Waals surface area (Å²) >= 11 is 0. The van der Waals surface area contributed by atoms with Crippen molar-refractivity contribution in [2.75, 3.05) is 11.9 Å². The van der Waals surface area contributed by atoms with Crippen LogP contribution in [-0.2, 0) is 0 Å². The van der Waals surface area contributed by atoms with Crippen LogP contribution in [0.4, 0.5) is 5.69 Å². The molecule has 0 saturated heterocycles. The highest BCUT2D eigenvalue weighted by molar-refractivity contribution is 6.17. The lowest BCUT2D eigenvalue weighted by Crippen LogP contribution is -2.30. The largest absolute Gasteiger partial charge is 0.456 e. The van der Waals surface area contributed by atoms with Crippen LogP contribution in [0.5, 0.6) is 0 Å². The van der Waals surface area contributed by atoms with E-state index in [9.17, 15) is 0 Å². The predicted molar refractivity (Wildman–Crippen MR) is 149 cm³/mol. The molecule has 0 fully saturated rings. The standard InChI is InChI=1S/C33H24N2O/c1-35-29-19-17-24(25-16-18-27-26-14-8-9-15-30(26)36-31(27)21-25)20-28(29)32(22-10-4-2-5-11-22)34-33(35)23-12-6-3-7-13-23/h2-21,33H,1H3. The van der Waals surface area contributed by atoms with E-state index in [-0.39, 0.29) is 6.17 Å². The molecular formula is C33H24N2O. The van der Waals surface area contributed by atoms with Gasteiger partial charge in [0.1, 0.15) is 17.3 Å². The number of anilines is 1. The van der Waals surface area contributed by atoms with E-state index >= 15 is 0 Å². The third-order valence-electron chi connectivity index (χ3n) is 7.11. The lowest BCUT2D eigenvalue weighted by molar-refractivity contribution is 0.669. The van der Waals surface area contributed by atoms with E-state index in [0.29, 0.717) is 0 Å². The highest BCUT2D eigenvalue weighted by Gasteiger charge is 2.27. The highest BCUT2D eigenvalue weighted by Crippen LogP contribution is 2.39. The first-order valence-corrected chi connectivity index (χ1v) is 12.2. The van der Waals surface area contributed by atoms with E-state index in [1.165, 1.54) is 11.3 Å². The van der Waals surface area contributed by atoms with Crippen LogP contribution >= 0.6 is 0 Å². The summed E-state index contributed by atoms with van der Waals surface area (Å²) in [6.45, 7) is 0. The summed E-state index contributed by atoms with van der Waals surface area (Å²) in [7, 11) is 2.13. The van der Waals surface area contributed by atoms with Gasteiger partial charge in [-0.3, -0.25) is 4.99 Å². The molecule has 0 aliphatic carbocycles. The van der Waals surface area contributed by atoms with Gasteiger partial charge in [-0.15, -0.1) is 0 Å². The number of hydrogen-bond acceptors (Lipinski definition) is 3.